The highest BCUT2D eigenvalue weighted by atomic mass is 16.6. The first kappa shape index (κ1) is 27.6. The SMILES string of the molecule is COc1ccnc(C(=O)C[C@@H](C)C(=O)OC(C)C(Cc2ccccc2)Cc2ccccc2)c1OC(C)=O. The van der Waals surface area contributed by atoms with Crippen LogP contribution in [0, 0.1) is 11.8 Å². The van der Waals surface area contributed by atoms with Crippen LogP contribution in [0.4, 0.5) is 0 Å². The maximum atomic E-state index is 13.0. The summed E-state index contributed by atoms with van der Waals surface area (Å²) < 4.78 is 16.3. The normalized spacial score (nSPS) is 12.5. The van der Waals surface area contributed by atoms with Crippen LogP contribution >= 0.6 is 0 Å². The molecule has 7 nitrogen and oxygen atoms in total. The average Bonchev–Trinajstić information content (AvgIpc) is 2.89. The van der Waals surface area contributed by atoms with Gasteiger partial charge >= 0.3 is 11.9 Å². The molecule has 0 N–H and O–H groups in total. The van der Waals surface area contributed by atoms with E-state index in [0.717, 1.165) is 24.0 Å². The molecule has 0 saturated carbocycles. The molecular formula is C30H33NO6. The minimum absolute atomic E-state index is 0.0484. The molecule has 0 spiro atoms. The van der Waals surface area contributed by atoms with Gasteiger partial charge in [-0.2, -0.15) is 0 Å². The Morgan fingerprint density at radius 2 is 1.43 bits per heavy atom. The number of carbonyl (C=O) groups excluding carboxylic acids is 3. The highest BCUT2D eigenvalue weighted by Gasteiger charge is 2.28. The predicted molar refractivity (Wildman–Crippen MR) is 140 cm³/mol. The Morgan fingerprint density at radius 3 is 1.95 bits per heavy atom. The van der Waals surface area contributed by atoms with Gasteiger partial charge in [-0.3, -0.25) is 14.4 Å². The van der Waals surface area contributed by atoms with Gasteiger partial charge in [0.2, 0.25) is 5.75 Å². The Balaban J connectivity index is 1.70. The second-order valence-electron chi connectivity index (χ2n) is 9.09. The zero-order chi connectivity index (χ0) is 26.8. The number of hydrogen-bond acceptors (Lipinski definition) is 7. The van der Waals surface area contributed by atoms with Gasteiger partial charge in [-0.15, -0.1) is 0 Å². The van der Waals surface area contributed by atoms with Crippen molar-refractivity contribution in [2.45, 2.75) is 46.1 Å². The molecule has 7 heteroatoms. The molecule has 1 heterocycles. The van der Waals surface area contributed by atoms with Crippen LogP contribution in [0.3, 0.4) is 0 Å². The number of aromatic nitrogens is 1. The molecule has 0 bridgehead atoms. The van der Waals surface area contributed by atoms with Crippen molar-refractivity contribution < 1.29 is 28.6 Å². The van der Waals surface area contributed by atoms with Gasteiger partial charge < -0.3 is 14.2 Å². The Morgan fingerprint density at radius 1 is 0.865 bits per heavy atom. The van der Waals surface area contributed by atoms with E-state index in [9.17, 15) is 14.4 Å². The van der Waals surface area contributed by atoms with Crippen molar-refractivity contribution in [3.05, 3.63) is 89.7 Å². The lowest BCUT2D eigenvalue weighted by Crippen LogP contribution is -2.30. The van der Waals surface area contributed by atoms with E-state index in [0.29, 0.717) is 0 Å². The number of benzene rings is 2. The van der Waals surface area contributed by atoms with Gasteiger partial charge in [-0.1, -0.05) is 67.6 Å². The van der Waals surface area contributed by atoms with Crippen LogP contribution in [0.2, 0.25) is 0 Å². The van der Waals surface area contributed by atoms with Gasteiger partial charge in [0, 0.05) is 31.5 Å². The highest BCUT2D eigenvalue weighted by molar-refractivity contribution is 5.99. The summed E-state index contributed by atoms with van der Waals surface area (Å²) in [6.45, 7) is 4.76. The molecule has 37 heavy (non-hydrogen) atoms. The zero-order valence-electron chi connectivity index (χ0n) is 21.7. The fourth-order valence-corrected chi connectivity index (χ4v) is 4.12. The summed E-state index contributed by atoms with van der Waals surface area (Å²) in [5, 5.41) is 0. The highest BCUT2D eigenvalue weighted by Crippen LogP contribution is 2.31. The molecule has 0 aliphatic rings. The van der Waals surface area contributed by atoms with E-state index in [2.05, 4.69) is 29.2 Å². The van der Waals surface area contributed by atoms with Gasteiger partial charge in [0.05, 0.1) is 13.0 Å². The van der Waals surface area contributed by atoms with E-state index in [1.54, 1.807) is 6.92 Å². The number of hydrogen-bond donors (Lipinski definition) is 0. The van der Waals surface area contributed by atoms with Crippen molar-refractivity contribution in [3.63, 3.8) is 0 Å². The Kier molecular flexibility index (Phi) is 9.95. The summed E-state index contributed by atoms with van der Waals surface area (Å²) in [4.78, 5) is 41.6. The molecule has 2 atom stereocenters. The number of esters is 2. The third-order valence-electron chi connectivity index (χ3n) is 6.14. The van der Waals surface area contributed by atoms with E-state index in [1.165, 1.54) is 26.3 Å². The molecule has 0 aliphatic heterocycles. The molecule has 0 aliphatic carbocycles. The molecule has 2 aromatic carbocycles. The number of nitrogens with zero attached hydrogens (tertiary/aromatic N) is 1. The smallest absolute Gasteiger partial charge is 0.309 e. The largest absolute Gasteiger partial charge is 0.493 e. The first-order valence-corrected chi connectivity index (χ1v) is 12.3. The number of Topliss-reactive ketones (excluding diaryl/α,β-unsaturated/α-hetero) is 1. The van der Waals surface area contributed by atoms with Gasteiger partial charge in [0.1, 0.15) is 6.10 Å². The number of ketones is 1. The van der Waals surface area contributed by atoms with E-state index in [-0.39, 0.29) is 35.6 Å². The van der Waals surface area contributed by atoms with E-state index in [1.807, 2.05) is 43.3 Å². The topological polar surface area (TPSA) is 91.8 Å². The third-order valence-corrected chi connectivity index (χ3v) is 6.14. The van der Waals surface area contributed by atoms with Crippen LogP contribution in [-0.2, 0) is 27.2 Å². The quantitative estimate of drug-likeness (QED) is 0.246. The summed E-state index contributed by atoms with van der Waals surface area (Å²) in [7, 11) is 1.40. The second kappa shape index (κ2) is 13.3. The van der Waals surface area contributed by atoms with E-state index in [4.69, 9.17) is 14.2 Å². The summed E-state index contributed by atoms with van der Waals surface area (Å²) in [6.07, 6.45) is 2.36. The summed E-state index contributed by atoms with van der Waals surface area (Å²) in [6, 6.07) is 21.7. The number of methoxy groups -OCH3 is 1. The van der Waals surface area contributed by atoms with Crippen LogP contribution in [0.5, 0.6) is 11.5 Å². The van der Waals surface area contributed by atoms with Gasteiger partial charge in [0.25, 0.3) is 0 Å². The maximum absolute atomic E-state index is 13.0. The molecule has 194 valence electrons. The van der Waals surface area contributed by atoms with Gasteiger partial charge in [-0.05, 0) is 30.9 Å². The fourth-order valence-electron chi connectivity index (χ4n) is 4.12. The van der Waals surface area contributed by atoms with Gasteiger partial charge in [0.15, 0.2) is 17.2 Å². The van der Waals surface area contributed by atoms with E-state index < -0.39 is 23.6 Å². The first-order valence-electron chi connectivity index (χ1n) is 12.3. The summed E-state index contributed by atoms with van der Waals surface area (Å²) >= 11 is 0. The zero-order valence-corrected chi connectivity index (χ0v) is 21.7. The number of rotatable bonds is 12. The van der Waals surface area contributed by atoms with Crippen molar-refractivity contribution in [1.82, 2.24) is 4.98 Å². The lowest BCUT2D eigenvalue weighted by molar-refractivity contribution is -0.155. The molecule has 3 rings (SSSR count). The number of carbonyl (C=O) groups is 3. The second-order valence-corrected chi connectivity index (χ2v) is 9.09. The molecule has 3 aromatic rings. The number of pyridine rings is 1. The number of ether oxygens (including phenoxy) is 3. The van der Waals surface area contributed by atoms with Crippen LogP contribution < -0.4 is 9.47 Å². The average molecular weight is 504 g/mol. The van der Waals surface area contributed by atoms with Crippen molar-refractivity contribution in [2.24, 2.45) is 11.8 Å². The lowest BCUT2D eigenvalue weighted by atomic mass is 9.88. The van der Waals surface area contributed by atoms with Crippen LogP contribution in [0.15, 0.2) is 72.9 Å². The molecular weight excluding hydrogens is 470 g/mol. The van der Waals surface area contributed by atoms with Crippen LogP contribution in [0.1, 0.15) is 48.8 Å². The fraction of sp³-hybridized carbons (Fsp3) is 0.333. The Bertz CT molecular complexity index is 1150. The van der Waals surface area contributed by atoms with Crippen LogP contribution in [0.25, 0.3) is 0 Å². The van der Waals surface area contributed by atoms with Crippen LogP contribution in [-0.4, -0.2) is 35.9 Å². The summed E-state index contributed by atoms with van der Waals surface area (Å²) in [5.41, 5.74) is 2.27. The van der Waals surface area contributed by atoms with Crippen molar-refractivity contribution in [1.29, 1.82) is 0 Å². The first-order chi connectivity index (χ1) is 17.8. The van der Waals surface area contributed by atoms with Crippen molar-refractivity contribution in [3.8, 4) is 11.5 Å². The lowest BCUT2D eigenvalue weighted by Gasteiger charge is -2.26. The molecule has 1 unspecified atom stereocenters. The third kappa shape index (κ3) is 8.00. The molecule has 0 fully saturated rings. The van der Waals surface area contributed by atoms with Crippen molar-refractivity contribution >= 4 is 17.7 Å². The minimum Gasteiger partial charge on any atom is -0.493 e. The minimum atomic E-state index is -0.720. The molecule has 0 radical (unpaired) electrons. The monoisotopic (exact) mass is 503 g/mol. The van der Waals surface area contributed by atoms with Crippen molar-refractivity contribution in [2.75, 3.05) is 7.11 Å². The predicted octanol–water partition coefficient (Wildman–Crippen LogP) is 5.26. The van der Waals surface area contributed by atoms with E-state index >= 15 is 0 Å². The maximum Gasteiger partial charge on any atom is 0.309 e. The molecule has 0 amide bonds. The molecule has 1 aromatic heterocycles. The standard InChI is InChI=1S/C30H33NO6/c1-20(17-26(33)28-29(37-22(3)32)27(35-4)15-16-31-28)30(34)36-21(2)25(18-23-11-7-5-8-12-23)19-24-13-9-6-10-14-24/h5-16,20-21,25H,17-19H2,1-4H3/t20-,21?/m1/s1. The van der Waals surface area contributed by atoms with Gasteiger partial charge in [-0.25, -0.2) is 4.98 Å². The Hall–Kier alpha value is -4.00. The Labute approximate surface area is 217 Å². The summed E-state index contributed by atoms with van der Waals surface area (Å²) in [5.74, 6) is -2.04. The molecule has 0 saturated heterocycles.